The van der Waals surface area contributed by atoms with Gasteiger partial charge in [-0.3, -0.25) is 4.79 Å². The number of carbonyl (C=O) groups is 1. The summed E-state index contributed by atoms with van der Waals surface area (Å²) in [7, 11) is 0. The average Bonchev–Trinajstić information content (AvgIpc) is 2.94. The number of terminal acetylenes is 1. The third-order valence-corrected chi connectivity index (χ3v) is 4.38. The van der Waals surface area contributed by atoms with E-state index in [-0.39, 0.29) is 18.9 Å². The molecule has 7 heteroatoms. The minimum absolute atomic E-state index is 0.147. The number of hydrogen-bond acceptors (Lipinski definition) is 5. The number of anilines is 1. The minimum atomic E-state index is -0.147. The van der Waals surface area contributed by atoms with Crippen LogP contribution in [-0.4, -0.2) is 32.3 Å². The first-order valence-corrected chi connectivity index (χ1v) is 9.21. The third-order valence-electron chi connectivity index (χ3n) is 4.38. The quantitative estimate of drug-likeness (QED) is 0.655. The lowest BCUT2D eigenvalue weighted by Gasteiger charge is -2.08. The molecule has 3 rings (SSSR count). The van der Waals surface area contributed by atoms with E-state index in [1.54, 1.807) is 28.9 Å². The van der Waals surface area contributed by atoms with E-state index < -0.39 is 0 Å². The number of nitrogens with zero attached hydrogens (tertiary/aromatic N) is 4. The molecule has 0 aliphatic rings. The zero-order valence-corrected chi connectivity index (χ0v) is 17.0. The first-order valence-electron chi connectivity index (χ1n) is 9.21. The highest BCUT2D eigenvalue weighted by Crippen LogP contribution is 2.20. The molecule has 7 nitrogen and oxygen atoms in total. The second kappa shape index (κ2) is 8.57. The number of nitrogens with one attached hydrogen (secondary N) is 1. The molecule has 2 heterocycles. The lowest BCUT2D eigenvalue weighted by atomic mass is 10.1. The third kappa shape index (κ3) is 4.79. The summed E-state index contributed by atoms with van der Waals surface area (Å²) in [4.78, 5) is 21.5. The summed E-state index contributed by atoms with van der Waals surface area (Å²) in [6.07, 6.45) is 5.40. The van der Waals surface area contributed by atoms with E-state index in [0.717, 1.165) is 28.3 Å². The lowest BCUT2D eigenvalue weighted by Crippen LogP contribution is -2.15. The molecule has 0 saturated heterocycles. The zero-order valence-electron chi connectivity index (χ0n) is 17.0. The number of aryl methyl sites for hydroxylation is 3. The summed E-state index contributed by atoms with van der Waals surface area (Å²) in [5.74, 6) is 3.38. The molecule has 1 aromatic carbocycles. The molecule has 1 amide bonds. The molecule has 29 heavy (non-hydrogen) atoms. The van der Waals surface area contributed by atoms with Crippen molar-refractivity contribution in [3.63, 3.8) is 0 Å². The standard InChI is InChI=1S/C22H23N5O2/c1-6-10-29-19-9-7-8-18(12-19)25-21(28)13-20-16(4)26-27(17(20)5)22-23-14(2)11-15(3)24-22/h1,7-9,11-12H,10,13H2,2-5H3,(H,25,28). The Kier molecular flexibility index (Phi) is 5.93. The number of aromatic nitrogens is 4. The number of rotatable bonds is 6. The summed E-state index contributed by atoms with van der Waals surface area (Å²) >= 11 is 0. The van der Waals surface area contributed by atoms with Gasteiger partial charge in [0.05, 0.1) is 12.1 Å². The van der Waals surface area contributed by atoms with Crippen LogP contribution in [0.25, 0.3) is 5.95 Å². The maximum atomic E-state index is 12.6. The first kappa shape index (κ1) is 20.1. The van der Waals surface area contributed by atoms with Gasteiger partial charge in [0.2, 0.25) is 5.91 Å². The highest BCUT2D eigenvalue weighted by molar-refractivity contribution is 5.92. The van der Waals surface area contributed by atoms with Crippen molar-refractivity contribution in [1.82, 2.24) is 19.7 Å². The molecule has 0 radical (unpaired) electrons. The summed E-state index contributed by atoms with van der Waals surface area (Å²) in [6, 6.07) is 9.03. The second-order valence-electron chi connectivity index (χ2n) is 6.76. The van der Waals surface area contributed by atoms with Crippen molar-refractivity contribution in [2.45, 2.75) is 34.1 Å². The Morgan fingerprint density at radius 3 is 2.59 bits per heavy atom. The van der Waals surface area contributed by atoms with Gasteiger partial charge in [-0.25, -0.2) is 14.6 Å². The molecule has 0 aliphatic carbocycles. The van der Waals surface area contributed by atoms with Crippen molar-refractivity contribution in [2.24, 2.45) is 0 Å². The largest absolute Gasteiger partial charge is 0.481 e. The molecular formula is C22H23N5O2. The van der Waals surface area contributed by atoms with E-state index in [1.807, 2.05) is 33.8 Å². The van der Waals surface area contributed by atoms with Gasteiger partial charge in [0, 0.05) is 34.4 Å². The Bertz CT molecular complexity index is 1070. The normalized spacial score (nSPS) is 10.4. The van der Waals surface area contributed by atoms with Crippen molar-refractivity contribution in [3.8, 4) is 24.0 Å². The first-order chi connectivity index (χ1) is 13.9. The van der Waals surface area contributed by atoms with E-state index in [0.29, 0.717) is 17.4 Å². The Morgan fingerprint density at radius 2 is 1.90 bits per heavy atom. The zero-order chi connectivity index (χ0) is 21.0. The van der Waals surface area contributed by atoms with Crippen molar-refractivity contribution in [1.29, 1.82) is 0 Å². The van der Waals surface area contributed by atoms with Crippen LogP contribution < -0.4 is 10.1 Å². The van der Waals surface area contributed by atoms with Gasteiger partial charge in [0.25, 0.3) is 5.95 Å². The van der Waals surface area contributed by atoms with E-state index >= 15 is 0 Å². The summed E-state index contributed by atoms with van der Waals surface area (Å²) in [5.41, 5.74) is 4.84. The van der Waals surface area contributed by atoms with E-state index in [4.69, 9.17) is 11.2 Å². The molecule has 0 fully saturated rings. The Morgan fingerprint density at radius 1 is 1.17 bits per heavy atom. The van der Waals surface area contributed by atoms with Crippen molar-refractivity contribution in [2.75, 3.05) is 11.9 Å². The van der Waals surface area contributed by atoms with Crippen molar-refractivity contribution in [3.05, 3.63) is 58.7 Å². The Labute approximate surface area is 170 Å². The van der Waals surface area contributed by atoms with Gasteiger partial charge in [-0.15, -0.1) is 6.42 Å². The topological polar surface area (TPSA) is 81.9 Å². The highest BCUT2D eigenvalue weighted by Gasteiger charge is 2.18. The Balaban J connectivity index is 1.78. The van der Waals surface area contributed by atoms with Crippen LogP contribution in [0.5, 0.6) is 5.75 Å². The van der Waals surface area contributed by atoms with Crippen LogP contribution in [0.1, 0.15) is 28.3 Å². The van der Waals surface area contributed by atoms with Gasteiger partial charge in [0.15, 0.2) is 0 Å². The fourth-order valence-electron chi connectivity index (χ4n) is 3.08. The fourth-order valence-corrected chi connectivity index (χ4v) is 3.08. The monoisotopic (exact) mass is 389 g/mol. The fraction of sp³-hybridized carbons (Fsp3) is 0.273. The molecule has 3 aromatic rings. The molecular weight excluding hydrogens is 366 g/mol. The van der Waals surface area contributed by atoms with Gasteiger partial charge in [-0.05, 0) is 45.9 Å². The number of ether oxygens (including phenoxy) is 1. The second-order valence-corrected chi connectivity index (χ2v) is 6.76. The van der Waals surface area contributed by atoms with Crippen LogP contribution in [0, 0.1) is 40.0 Å². The summed E-state index contributed by atoms with van der Waals surface area (Å²) < 4.78 is 7.08. The number of amides is 1. The molecule has 0 aliphatic heterocycles. The highest BCUT2D eigenvalue weighted by atomic mass is 16.5. The van der Waals surface area contributed by atoms with Crippen LogP contribution in [0.3, 0.4) is 0 Å². The number of hydrogen-bond donors (Lipinski definition) is 1. The van der Waals surface area contributed by atoms with Gasteiger partial charge < -0.3 is 10.1 Å². The van der Waals surface area contributed by atoms with Crippen LogP contribution >= 0.6 is 0 Å². The predicted molar refractivity (Wildman–Crippen MR) is 111 cm³/mol. The van der Waals surface area contributed by atoms with Gasteiger partial charge in [-0.2, -0.15) is 5.10 Å². The minimum Gasteiger partial charge on any atom is -0.481 e. The van der Waals surface area contributed by atoms with Gasteiger partial charge >= 0.3 is 0 Å². The number of benzene rings is 1. The predicted octanol–water partition coefficient (Wildman–Crippen LogP) is 3.09. The SMILES string of the molecule is C#CCOc1cccc(NC(=O)Cc2c(C)nn(-c3nc(C)cc(C)n3)c2C)c1. The molecule has 0 saturated carbocycles. The maximum Gasteiger partial charge on any atom is 0.251 e. The lowest BCUT2D eigenvalue weighted by molar-refractivity contribution is -0.115. The van der Waals surface area contributed by atoms with E-state index in [2.05, 4.69) is 26.3 Å². The Hall–Kier alpha value is -3.66. The van der Waals surface area contributed by atoms with Crippen molar-refractivity contribution < 1.29 is 9.53 Å². The van der Waals surface area contributed by atoms with Crippen LogP contribution in [-0.2, 0) is 11.2 Å². The molecule has 1 N–H and O–H groups in total. The van der Waals surface area contributed by atoms with Gasteiger partial charge in [-0.1, -0.05) is 12.0 Å². The smallest absolute Gasteiger partial charge is 0.251 e. The molecule has 0 spiro atoms. The van der Waals surface area contributed by atoms with Crippen LogP contribution in [0.2, 0.25) is 0 Å². The molecule has 148 valence electrons. The molecule has 0 atom stereocenters. The molecule has 0 unspecified atom stereocenters. The van der Waals surface area contributed by atoms with Crippen molar-refractivity contribution >= 4 is 11.6 Å². The molecule has 0 bridgehead atoms. The van der Waals surface area contributed by atoms with E-state index in [9.17, 15) is 4.79 Å². The van der Waals surface area contributed by atoms with E-state index in [1.165, 1.54) is 0 Å². The maximum absolute atomic E-state index is 12.6. The number of carbonyl (C=O) groups excluding carboxylic acids is 1. The van der Waals surface area contributed by atoms with Crippen LogP contribution in [0.4, 0.5) is 5.69 Å². The van der Waals surface area contributed by atoms with Crippen LogP contribution in [0.15, 0.2) is 30.3 Å². The summed E-state index contributed by atoms with van der Waals surface area (Å²) in [5, 5.41) is 7.43. The molecule has 2 aromatic heterocycles. The average molecular weight is 389 g/mol. The summed E-state index contributed by atoms with van der Waals surface area (Å²) in [6.45, 7) is 7.80. The van der Waals surface area contributed by atoms with Gasteiger partial charge in [0.1, 0.15) is 12.4 Å².